The van der Waals surface area contributed by atoms with E-state index in [2.05, 4.69) is 27.8 Å². The lowest BCUT2D eigenvalue weighted by molar-refractivity contribution is 0.0732. The molecule has 5 nitrogen and oxygen atoms in total. The summed E-state index contributed by atoms with van der Waals surface area (Å²) in [5.41, 5.74) is 1.65. The number of nitrogens with zero attached hydrogens (tertiary/aromatic N) is 1. The normalized spacial score (nSPS) is 16.4. The van der Waals surface area contributed by atoms with Gasteiger partial charge in [-0.2, -0.15) is 0 Å². The largest absolute Gasteiger partial charge is 0.497 e. The highest BCUT2D eigenvalue weighted by molar-refractivity contribution is 5.79. The van der Waals surface area contributed by atoms with Gasteiger partial charge in [0.05, 0.1) is 7.11 Å². The van der Waals surface area contributed by atoms with Gasteiger partial charge in [0.1, 0.15) is 5.75 Å². The molecule has 0 saturated heterocycles. The number of aliphatic imine (C=N–C) groups is 1. The molecule has 1 aromatic rings. The Bertz CT molecular complexity index is 527. The number of hydrogen-bond donors (Lipinski definition) is 2. The summed E-state index contributed by atoms with van der Waals surface area (Å²) in [6, 6.07) is 8.19. The van der Waals surface area contributed by atoms with Crippen molar-refractivity contribution in [2.45, 2.75) is 32.1 Å². The maximum absolute atomic E-state index is 5.26. The first-order valence-corrected chi connectivity index (χ1v) is 8.78. The minimum Gasteiger partial charge on any atom is -0.497 e. The van der Waals surface area contributed by atoms with E-state index in [4.69, 9.17) is 9.47 Å². The molecule has 1 aliphatic carbocycles. The van der Waals surface area contributed by atoms with Gasteiger partial charge in [-0.25, -0.2) is 0 Å². The number of methoxy groups -OCH3 is 2. The van der Waals surface area contributed by atoms with Crippen LogP contribution in [0.5, 0.6) is 5.75 Å². The highest BCUT2D eigenvalue weighted by atomic mass is 16.5. The van der Waals surface area contributed by atoms with Crippen molar-refractivity contribution in [3.63, 3.8) is 0 Å². The average Bonchev–Trinajstić information content (AvgIpc) is 2.59. The minimum atomic E-state index is 0.389. The van der Waals surface area contributed by atoms with Crippen molar-refractivity contribution >= 4 is 5.96 Å². The van der Waals surface area contributed by atoms with Crippen molar-refractivity contribution in [3.8, 4) is 5.75 Å². The summed E-state index contributed by atoms with van der Waals surface area (Å²) in [5, 5.41) is 6.89. The molecule has 5 heteroatoms. The van der Waals surface area contributed by atoms with E-state index in [1.54, 1.807) is 14.2 Å². The second-order valence-corrected chi connectivity index (χ2v) is 6.55. The second-order valence-electron chi connectivity index (χ2n) is 6.55. The van der Waals surface area contributed by atoms with E-state index in [1.807, 2.05) is 19.2 Å². The fourth-order valence-electron chi connectivity index (χ4n) is 3.16. The number of nitrogens with one attached hydrogen (secondary N) is 2. The molecule has 0 spiro atoms. The van der Waals surface area contributed by atoms with E-state index in [1.165, 1.54) is 24.8 Å². The molecule has 2 rings (SSSR count). The molecule has 0 aliphatic heterocycles. The van der Waals surface area contributed by atoms with E-state index in [-0.39, 0.29) is 0 Å². The van der Waals surface area contributed by atoms with Gasteiger partial charge in [0, 0.05) is 33.9 Å². The van der Waals surface area contributed by atoms with Crippen LogP contribution in [0.1, 0.15) is 31.2 Å². The maximum atomic E-state index is 5.26. The Labute approximate surface area is 145 Å². The Kier molecular flexibility index (Phi) is 7.37. The Morgan fingerprint density at radius 3 is 2.71 bits per heavy atom. The summed E-state index contributed by atoms with van der Waals surface area (Å²) in [6.45, 7) is 2.65. The number of rotatable bonds is 9. The van der Waals surface area contributed by atoms with E-state index in [0.29, 0.717) is 5.41 Å². The van der Waals surface area contributed by atoms with Crippen LogP contribution in [0.2, 0.25) is 0 Å². The number of guanidine groups is 1. The van der Waals surface area contributed by atoms with Crippen LogP contribution in [0.15, 0.2) is 29.3 Å². The summed E-state index contributed by atoms with van der Waals surface area (Å²) in [7, 11) is 5.30. The van der Waals surface area contributed by atoms with Crippen LogP contribution in [0.4, 0.5) is 0 Å². The van der Waals surface area contributed by atoms with Gasteiger partial charge in [-0.1, -0.05) is 18.6 Å². The van der Waals surface area contributed by atoms with Gasteiger partial charge in [0.25, 0.3) is 0 Å². The Hall–Kier alpha value is -1.75. The summed E-state index contributed by atoms with van der Waals surface area (Å²) in [5.74, 6) is 1.78. The van der Waals surface area contributed by atoms with Crippen LogP contribution >= 0.6 is 0 Å². The molecule has 0 unspecified atom stereocenters. The number of hydrogen-bond acceptors (Lipinski definition) is 3. The van der Waals surface area contributed by atoms with Crippen molar-refractivity contribution in [1.82, 2.24) is 10.6 Å². The van der Waals surface area contributed by atoms with E-state index in [0.717, 1.165) is 44.2 Å². The Morgan fingerprint density at radius 1 is 1.25 bits per heavy atom. The van der Waals surface area contributed by atoms with Gasteiger partial charge in [0.15, 0.2) is 5.96 Å². The van der Waals surface area contributed by atoms with Crippen molar-refractivity contribution in [1.29, 1.82) is 0 Å². The third-order valence-corrected chi connectivity index (χ3v) is 4.95. The van der Waals surface area contributed by atoms with Crippen molar-refractivity contribution in [3.05, 3.63) is 29.8 Å². The quantitative estimate of drug-likeness (QED) is 0.539. The number of ether oxygens (including phenoxy) is 2. The lowest BCUT2D eigenvalue weighted by Gasteiger charge is -2.42. The first-order chi connectivity index (χ1) is 11.7. The molecular formula is C19H31N3O2. The predicted molar refractivity (Wildman–Crippen MR) is 98.8 cm³/mol. The van der Waals surface area contributed by atoms with Crippen molar-refractivity contribution in [2.24, 2.45) is 10.4 Å². The third-order valence-electron chi connectivity index (χ3n) is 4.95. The SMILES string of the molecule is CN=C(NCCc1cccc(OC)c1)NCC1(CCOC)CCC1. The summed E-state index contributed by atoms with van der Waals surface area (Å²) in [4.78, 5) is 4.33. The van der Waals surface area contributed by atoms with Crippen LogP contribution < -0.4 is 15.4 Å². The molecule has 0 radical (unpaired) electrons. The third kappa shape index (κ3) is 5.41. The molecule has 1 aliphatic rings. The zero-order valence-corrected chi connectivity index (χ0v) is 15.2. The van der Waals surface area contributed by atoms with Crippen LogP contribution in [0, 0.1) is 5.41 Å². The summed E-state index contributed by atoms with van der Waals surface area (Å²) < 4.78 is 10.5. The minimum absolute atomic E-state index is 0.389. The lowest BCUT2D eigenvalue weighted by atomic mass is 9.67. The molecule has 24 heavy (non-hydrogen) atoms. The van der Waals surface area contributed by atoms with Gasteiger partial charge in [0.2, 0.25) is 0 Å². The predicted octanol–water partition coefficient (Wildman–Crippen LogP) is 2.61. The van der Waals surface area contributed by atoms with Gasteiger partial charge in [-0.15, -0.1) is 0 Å². The monoisotopic (exact) mass is 333 g/mol. The highest BCUT2D eigenvalue weighted by Crippen LogP contribution is 2.43. The average molecular weight is 333 g/mol. The zero-order chi connectivity index (χ0) is 17.3. The molecule has 0 bridgehead atoms. The fraction of sp³-hybridized carbons (Fsp3) is 0.632. The van der Waals surface area contributed by atoms with E-state index in [9.17, 15) is 0 Å². The highest BCUT2D eigenvalue weighted by Gasteiger charge is 2.36. The Balaban J connectivity index is 1.74. The van der Waals surface area contributed by atoms with Crippen molar-refractivity contribution in [2.75, 3.05) is 41.0 Å². The summed E-state index contributed by atoms with van der Waals surface area (Å²) in [6.07, 6.45) is 5.95. The maximum Gasteiger partial charge on any atom is 0.191 e. The lowest BCUT2D eigenvalue weighted by Crippen LogP contribution is -2.47. The van der Waals surface area contributed by atoms with Gasteiger partial charge < -0.3 is 20.1 Å². The number of benzene rings is 1. The molecule has 0 amide bonds. The van der Waals surface area contributed by atoms with E-state index >= 15 is 0 Å². The first-order valence-electron chi connectivity index (χ1n) is 8.78. The molecule has 1 fully saturated rings. The van der Waals surface area contributed by atoms with Gasteiger partial charge in [-0.05, 0) is 48.8 Å². The first kappa shape index (κ1) is 18.6. The molecule has 1 saturated carbocycles. The Morgan fingerprint density at radius 2 is 2.08 bits per heavy atom. The molecule has 1 aromatic carbocycles. The topological polar surface area (TPSA) is 54.9 Å². The van der Waals surface area contributed by atoms with Crippen LogP contribution in [0.25, 0.3) is 0 Å². The smallest absolute Gasteiger partial charge is 0.191 e. The van der Waals surface area contributed by atoms with E-state index < -0.39 is 0 Å². The molecular weight excluding hydrogens is 302 g/mol. The van der Waals surface area contributed by atoms with Gasteiger partial charge in [-0.3, -0.25) is 4.99 Å². The van der Waals surface area contributed by atoms with Crippen molar-refractivity contribution < 1.29 is 9.47 Å². The molecule has 134 valence electrons. The van der Waals surface area contributed by atoms with Gasteiger partial charge >= 0.3 is 0 Å². The zero-order valence-electron chi connectivity index (χ0n) is 15.2. The molecule has 0 heterocycles. The molecule has 0 aromatic heterocycles. The second kappa shape index (κ2) is 9.52. The molecule has 0 atom stereocenters. The summed E-state index contributed by atoms with van der Waals surface area (Å²) >= 11 is 0. The standard InChI is InChI=1S/C19H31N3O2/c1-20-18(22-15-19(9-5-10-19)11-13-23-2)21-12-8-16-6-4-7-17(14-16)24-3/h4,6-7,14H,5,8-13,15H2,1-3H3,(H2,20,21,22). The van der Waals surface area contributed by atoms with Crippen LogP contribution in [-0.2, 0) is 11.2 Å². The molecule has 2 N–H and O–H groups in total. The fourth-order valence-corrected chi connectivity index (χ4v) is 3.16. The van der Waals surface area contributed by atoms with Crippen LogP contribution in [-0.4, -0.2) is 46.9 Å². The van der Waals surface area contributed by atoms with Crippen LogP contribution in [0.3, 0.4) is 0 Å².